The number of carbonyl (C=O) groups is 1. The van der Waals surface area contributed by atoms with Crippen LogP contribution in [-0.4, -0.2) is 56.1 Å². The average Bonchev–Trinajstić information content (AvgIpc) is 3.15. The summed E-state index contributed by atoms with van der Waals surface area (Å²) in [7, 11) is 5.82. The van der Waals surface area contributed by atoms with Crippen LogP contribution in [0.4, 0.5) is 0 Å². The molecule has 122 valence electrons. The molecule has 1 atom stereocenters. The average molecular weight is 314 g/mol. The van der Waals surface area contributed by atoms with E-state index in [1.165, 1.54) is 0 Å². The van der Waals surface area contributed by atoms with Crippen LogP contribution in [0.25, 0.3) is 0 Å². The number of hydrogen-bond acceptors (Lipinski definition) is 5. The van der Waals surface area contributed by atoms with Gasteiger partial charge in [0, 0.05) is 32.5 Å². The molecule has 0 bridgehead atoms. The molecule has 0 aromatic carbocycles. The summed E-state index contributed by atoms with van der Waals surface area (Å²) in [6.07, 6.45) is 7.23. The zero-order valence-corrected chi connectivity index (χ0v) is 13.8. The molecule has 7 nitrogen and oxygen atoms in total. The standard InChI is InChI=1S/C16H22N6O/c1-20(2)11-12-9-17-10-14(18-12)15-5-4-7-22(15)16(23)13-6-8-21(3)19-13/h6,8-10,15H,4-5,7,11H2,1-3H3/t15-/m1/s1. The van der Waals surface area contributed by atoms with Crippen molar-refractivity contribution in [3.8, 4) is 0 Å². The van der Waals surface area contributed by atoms with Gasteiger partial charge in [0.15, 0.2) is 0 Å². The maximum absolute atomic E-state index is 12.7. The first-order valence-electron chi connectivity index (χ1n) is 7.81. The third-order valence-electron chi connectivity index (χ3n) is 3.97. The molecule has 1 aliphatic heterocycles. The quantitative estimate of drug-likeness (QED) is 0.849. The summed E-state index contributed by atoms with van der Waals surface area (Å²) in [6, 6.07) is 1.74. The van der Waals surface area contributed by atoms with Crippen LogP contribution in [0.15, 0.2) is 24.7 Å². The molecule has 3 rings (SSSR count). The van der Waals surface area contributed by atoms with E-state index < -0.39 is 0 Å². The lowest BCUT2D eigenvalue weighted by Gasteiger charge is -2.23. The molecule has 1 fully saturated rings. The van der Waals surface area contributed by atoms with Crippen molar-refractivity contribution in [2.45, 2.75) is 25.4 Å². The summed E-state index contributed by atoms with van der Waals surface area (Å²) < 4.78 is 1.65. The molecule has 0 spiro atoms. The molecule has 0 unspecified atom stereocenters. The second-order valence-corrected chi connectivity index (χ2v) is 6.20. The minimum atomic E-state index is -0.0343. The van der Waals surface area contributed by atoms with Gasteiger partial charge in [-0.15, -0.1) is 0 Å². The molecule has 0 aliphatic carbocycles. The lowest BCUT2D eigenvalue weighted by atomic mass is 10.1. The molecule has 0 radical (unpaired) electrons. The van der Waals surface area contributed by atoms with Crippen LogP contribution in [0.5, 0.6) is 0 Å². The highest BCUT2D eigenvalue weighted by Gasteiger charge is 2.32. The van der Waals surface area contributed by atoms with Crippen LogP contribution in [-0.2, 0) is 13.6 Å². The highest BCUT2D eigenvalue weighted by molar-refractivity contribution is 5.92. The van der Waals surface area contributed by atoms with Gasteiger partial charge in [-0.2, -0.15) is 5.10 Å². The van der Waals surface area contributed by atoms with E-state index in [2.05, 4.69) is 15.0 Å². The number of nitrogens with zero attached hydrogens (tertiary/aromatic N) is 6. The Bertz CT molecular complexity index is 695. The smallest absolute Gasteiger partial charge is 0.274 e. The Kier molecular flexibility index (Phi) is 4.38. The molecule has 23 heavy (non-hydrogen) atoms. The zero-order chi connectivity index (χ0) is 16.4. The third kappa shape index (κ3) is 3.39. The van der Waals surface area contributed by atoms with Crippen molar-refractivity contribution in [2.75, 3.05) is 20.6 Å². The second kappa shape index (κ2) is 6.45. The largest absolute Gasteiger partial charge is 0.329 e. The molecule has 0 saturated carbocycles. The van der Waals surface area contributed by atoms with E-state index in [4.69, 9.17) is 4.98 Å². The molecule has 2 aromatic rings. The van der Waals surface area contributed by atoms with Crippen molar-refractivity contribution < 1.29 is 4.79 Å². The SMILES string of the molecule is CN(C)Cc1cncc([C@H]2CCCN2C(=O)c2ccn(C)n2)n1. The summed E-state index contributed by atoms with van der Waals surface area (Å²) in [5.41, 5.74) is 2.27. The fourth-order valence-electron chi connectivity index (χ4n) is 2.98. The Morgan fingerprint density at radius 1 is 1.39 bits per heavy atom. The number of likely N-dealkylation sites (tertiary alicyclic amines) is 1. The Morgan fingerprint density at radius 2 is 2.22 bits per heavy atom. The summed E-state index contributed by atoms with van der Waals surface area (Å²) in [6.45, 7) is 1.47. The molecule has 3 heterocycles. The van der Waals surface area contributed by atoms with Gasteiger partial charge in [-0.3, -0.25) is 19.4 Å². The van der Waals surface area contributed by atoms with Gasteiger partial charge < -0.3 is 9.80 Å². The van der Waals surface area contributed by atoms with Crippen LogP contribution in [0.3, 0.4) is 0 Å². The number of aromatic nitrogens is 4. The number of carbonyl (C=O) groups excluding carboxylic acids is 1. The molecule has 1 amide bonds. The van der Waals surface area contributed by atoms with Gasteiger partial charge in [-0.05, 0) is 33.0 Å². The lowest BCUT2D eigenvalue weighted by molar-refractivity contribution is 0.0725. The van der Waals surface area contributed by atoms with Crippen molar-refractivity contribution in [2.24, 2.45) is 7.05 Å². The van der Waals surface area contributed by atoms with Crippen LogP contribution in [0, 0.1) is 0 Å². The zero-order valence-electron chi connectivity index (χ0n) is 13.8. The van der Waals surface area contributed by atoms with Crippen molar-refractivity contribution in [1.29, 1.82) is 0 Å². The maximum atomic E-state index is 12.7. The molecule has 1 aliphatic rings. The maximum Gasteiger partial charge on any atom is 0.274 e. The van der Waals surface area contributed by atoms with Crippen molar-refractivity contribution >= 4 is 5.91 Å². The summed E-state index contributed by atoms with van der Waals surface area (Å²) in [5.74, 6) is -0.0343. The molecule has 2 aromatic heterocycles. The molecule has 1 saturated heterocycles. The summed E-state index contributed by atoms with van der Waals surface area (Å²) in [5, 5.41) is 4.22. The Labute approximate surface area is 135 Å². The van der Waals surface area contributed by atoms with Gasteiger partial charge in [-0.25, -0.2) is 0 Å². The molecular formula is C16H22N6O. The predicted octanol–water partition coefficient (Wildman–Crippen LogP) is 1.25. The van der Waals surface area contributed by atoms with Gasteiger partial charge in [-0.1, -0.05) is 0 Å². The topological polar surface area (TPSA) is 67.2 Å². The van der Waals surface area contributed by atoms with E-state index in [-0.39, 0.29) is 11.9 Å². The fraction of sp³-hybridized carbons (Fsp3) is 0.500. The van der Waals surface area contributed by atoms with Gasteiger partial charge >= 0.3 is 0 Å². The molecular weight excluding hydrogens is 292 g/mol. The van der Waals surface area contributed by atoms with Crippen molar-refractivity contribution in [3.63, 3.8) is 0 Å². The van der Waals surface area contributed by atoms with Gasteiger partial charge in [0.1, 0.15) is 5.69 Å². The van der Waals surface area contributed by atoms with E-state index in [1.807, 2.05) is 26.0 Å². The van der Waals surface area contributed by atoms with Crippen LogP contribution >= 0.6 is 0 Å². The van der Waals surface area contributed by atoms with Gasteiger partial charge in [0.25, 0.3) is 5.91 Å². The van der Waals surface area contributed by atoms with E-state index in [0.29, 0.717) is 5.69 Å². The lowest BCUT2D eigenvalue weighted by Crippen LogP contribution is -2.31. The van der Waals surface area contributed by atoms with Crippen molar-refractivity contribution in [1.82, 2.24) is 29.5 Å². The monoisotopic (exact) mass is 314 g/mol. The fourth-order valence-corrected chi connectivity index (χ4v) is 2.98. The molecule has 7 heteroatoms. The van der Waals surface area contributed by atoms with E-state index in [0.717, 1.165) is 37.3 Å². The highest BCUT2D eigenvalue weighted by Crippen LogP contribution is 2.31. The number of amides is 1. The number of rotatable bonds is 4. The molecule has 0 N–H and O–H groups in total. The highest BCUT2D eigenvalue weighted by atomic mass is 16.2. The first-order valence-corrected chi connectivity index (χ1v) is 7.81. The first kappa shape index (κ1) is 15.6. The first-order chi connectivity index (χ1) is 11.0. The van der Waals surface area contributed by atoms with Gasteiger partial charge in [0.05, 0.1) is 23.6 Å². The van der Waals surface area contributed by atoms with Crippen LogP contribution < -0.4 is 0 Å². The summed E-state index contributed by atoms with van der Waals surface area (Å²) >= 11 is 0. The third-order valence-corrected chi connectivity index (χ3v) is 3.97. The minimum absolute atomic E-state index is 0.0147. The Morgan fingerprint density at radius 3 is 2.91 bits per heavy atom. The van der Waals surface area contributed by atoms with Gasteiger partial charge in [0.2, 0.25) is 0 Å². The number of hydrogen-bond donors (Lipinski definition) is 0. The van der Waals surface area contributed by atoms with E-state index >= 15 is 0 Å². The van der Waals surface area contributed by atoms with E-state index in [1.54, 1.807) is 29.3 Å². The van der Waals surface area contributed by atoms with Crippen LogP contribution in [0.2, 0.25) is 0 Å². The van der Waals surface area contributed by atoms with Crippen molar-refractivity contribution in [3.05, 3.63) is 41.7 Å². The Hall–Kier alpha value is -2.28. The number of aryl methyl sites for hydroxylation is 1. The second-order valence-electron chi connectivity index (χ2n) is 6.20. The predicted molar refractivity (Wildman–Crippen MR) is 85.6 cm³/mol. The normalized spacial score (nSPS) is 17.9. The van der Waals surface area contributed by atoms with E-state index in [9.17, 15) is 4.79 Å². The minimum Gasteiger partial charge on any atom is -0.329 e. The van der Waals surface area contributed by atoms with Crippen LogP contribution in [0.1, 0.15) is 40.8 Å². The summed E-state index contributed by atoms with van der Waals surface area (Å²) in [4.78, 5) is 25.6. The Balaban J connectivity index is 1.82.